The molecule has 0 saturated carbocycles. The number of nitrogens with one attached hydrogen (secondary N) is 1. The molecule has 128 valence electrons. The molecule has 0 aliphatic rings. The van der Waals surface area contributed by atoms with Gasteiger partial charge in [-0.05, 0) is 31.5 Å². The Morgan fingerprint density at radius 2 is 1.83 bits per heavy atom. The van der Waals surface area contributed by atoms with E-state index in [1.165, 1.54) is 30.6 Å². The van der Waals surface area contributed by atoms with Gasteiger partial charge in [-0.15, -0.1) is 0 Å². The van der Waals surface area contributed by atoms with E-state index in [1.807, 2.05) is 6.92 Å². The summed E-state index contributed by atoms with van der Waals surface area (Å²) in [7, 11) is -3.80. The number of hydrogen-bond donors (Lipinski definition) is 2. The number of rotatable bonds is 6. The number of benzene rings is 1. The quantitative estimate of drug-likeness (QED) is 0.824. The summed E-state index contributed by atoms with van der Waals surface area (Å²) < 4.78 is 25.9. The Kier molecular flexibility index (Phi) is 5.08. The third-order valence-corrected chi connectivity index (χ3v) is 5.19. The van der Waals surface area contributed by atoms with Gasteiger partial charge in [-0.3, -0.25) is 4.79 Å². The number of amides is 1. The number of carbonyl (C=O) groups is 2. The topological polar surface area (TPSA) is 105 Å². The van der Waals surface area contributed by atoms with Crippen molar-refractivity contribution in [1.82, 2.24) is 9.29 Å². The first-order valence-corrected chi connectivity index (χ1v) is 8.73. The number of carboxylic acids is 1. The van der Waals surface area contributed by atoms with Crippen LogP contribution in [0.5, 0.6) is 0 Å². The van der Waals surface area contributed by atoms with Crippen molar-refractivity contribution in [2.24, 2.45) is 0 Å². The molecule has 7 nitrogen and oxygen atoms in total. The monoisotopic (exact) mass is 350 g/mol. The minimum absolute atomic E-state index is 0.0744. The Bertz CT molecular complexity index is 853. The van der Waals surface area contributed by atoms with Crippen LogP contribution in [0.25, 0.3) is 0 Å². The van der Waals surface area contributed by atoms with Crippen molar-refractivity contribution in [2.75, 3.05) is 0 Å². The molecule has 1 unspecified atom stereocenters. The van der Waals surface area contributed by atoms with Crippen LogP contribution in [0.1, 0.15) is 29.3 Å². The van der Waals surface area contributed by atoms with E-state index in [9.17, 15) is 18.0 Å². The number of aliphatic carboxylic acids is 1. The first-order chi connectivity index (χ1) is 11.3. The van der Waals surface area contributed by atoms with E-state index in [0.29, 0.717) is 0 Å². The van der Waals surface area contributed by atoms with E-state index in [4.69, 9.17) is 5.11 Å². The summed E-state index contributed by atoms with van der Waals surface area (Å²) in [5, 5.41) is 11.3. The Morgan fingerprint density at radius 3 is 2.38 bits per heavy atom. The van der Waals surface area contributed by atoms with Crippen LogP contribution in [0.15, 0.2) is 47.6 Å². The summed E-state index contributed by atoms with van der Waals surface area (Å²) >= 11 is 0. The molecule has 0 bridgehead atoms. The van der Waals surface area contributed by atoms with Crippen LogP contribution < -0.4 is 5.32 Å². The number of carbonyl (C=O) groups excluding carboxylic acids is 1. The molecule has 1 aromatic heterocycles. The van der Waals surface area contributed by atoms with Crippen molar-refractivity contribution in [3.63, 3.8) is 0 Å². The molecule has 24 heavy (non-hydrogen) atoms. The zero-order valence-corrected chi connectivity index (χ0v) is 14.1. The summed E-state index contributed by atoms with van der Waals surface area (Å²) in [4.78, 5) is 23.1. The number of hydrogen-bond acceptors (Lipinski definition) is 4. The number of carboxylic acid groups (broad SMARTS) is 1. The van der Waals surface area contributed by atoms with Crippen LogP contribution in [0.2, 0.25) is 0 Å². The lowest BCUT2D eigenvalue weighted by Gasteiger charge is -2.11. The molecule has 2 N–H and O–H groups in total. The Labute approximate surface area is 140 Å². The third-order valence-electron chi connectivity index (χ3n) is 3.54. The van der Waals surface area contributed by atoms with Crippen LogP contribution in [0.3, 0.4) is 0 Å². The van der Waals surface area contributed by atoms with Crippen molar-refractivity contribution in [1.29, 1.82) is 0 Å². The van der Waals surface area contributed by atoms with Crippen LogP contribution in [0.4, 0.5) is 0 Å². The fourth-order valence-corrected chi connectivity index (χ4v) is 3.27. The van der Waals surface area contributed by atoms with Gasteiger partial charge in [-0.2, -0.15) is 0 Å². The van der Waals surface area contributed by atoms with Crippen LogP contribution in [-0.4, -0.2) is 35.4 Å². The zero-order valence-electron chi connectivity index (χ0n) is 13.3. The van der Waals surface area contributed by atoms with Gasteiger partial charge in [-0.1, -0.05) is 24.6 Å². The Morgan fingerprint density at radius 1 is 1.21 bits per heavy atom. The van der Waals surface area contributed by atoms with E-state index in [1.54, 1.807) is 19.1 Å². The van der Waals surface area contributed by atoms with Gasteiger partial charge in [0.25, 0.3) is 15.9 Å². The fraction of sp³-hybridized carbons (Fsp3) is 0.250. The van der Waals surface area contributed by atoms with Crippen LogP contribution >= 0.6 is 0 Å². The van der Waals surface area contributed by atoms with E-state index in [-0.39, 0.29) is 16.9 Å². The maximum atomic E-state index is 12.5. The molecule has 0 radical (unpaired) electrons. The van der Waals surface area contributed by atoms with Gasteiger partial charge in [-0.25, -0.2) is 17.2 Å². The lowest BCUT2D eigenvalue weighted by atomic mass is 10.2. The molecule has 1 atom stereocenters. The predicted molar refractivity (Wildman–Crippen MR) is 87.4 cm³/mol. The number of aryl methyl sites for hydroxylation is 1. The Hall–Kier alpha value is -2.61. The molecule has 0 aliphatic heterocycles. The highest BCUT2D eigenvalue weighted by molar-refractivity contribution is 7.90. The standard InChI is InChI=1S/C16H18N2O5S/c1-3-14(16(20)21)17-15(19)12-8-9-18(10-12)24(22,23)13-6-4-11(2)5-7-13/h4-10,14H,3H2,1-2H3,(H,17,19)(H,20,21). The highest BCUT2D eigenvalue weighted by Crippen LogP contribution is 2.16. The summed E-state index contributed by atoms with van der Waals surface area (Å²) in [6, 6.07) is 6.65. The average molecular weight is 350 g/mol. The van der Waals surface area contributed by atoms with Crippen molar-refractivity contribution >= 4 is 21.9 Å². The molecule has 1 amide bonds. The van der Waals surface area contributed by atoms with E-state index < -0.39 is 27.9 Å². The minimum atomic E-state index is -3.80. The third kappa shape index (κ3) is 3.65. The molecule has 8 heteroatoms. The van der Waals surface area contributed by atoms with Crippen molar-refractivity contribution in [3.05, 3.63) is 53.9 Å². The molecule has 1 aromatic carbocycles. The second-order valence-corrected chi connectivity index (χ2v) is 7.16. The van der Waals surface area contributed by atoms with Gasteiger partial charge >= 0.3 is 5.97 Å². The maximum absolute atomic E-state index is 12.5. The molecule has 2 rings (SSSR count). The summed E-state index contributed by atoms with van der Waals surface area (Å²) in [6.07, 6.45) is 2.65. The first-order valence-electron chi connectivity index (χ1n) is 7.29. The zero-order chi connectivity index (χ0) is 17.9. The molecule has 2 aromatic rings. The van der Waals surface area contributed by atoms with E-state index in [2.05, 4.69) is 5.32 Å². The smallest absolute Gasteiger partial charge is 0.326 e. The van der Waals surface area contributed by atoms with E-state index in [0.717, 1.165) is 9.54 Å². The van der Waals surface area contributed by atoms with Crippen molar-refractivity contribution in [2.45, 2.75) is 31.2 Å². The normalized spacial score (nSPS) is 12.6. The number of nitrogens with zero attached hydrogens (tertiary/aromatic N) is 1. The number of aromatic nitrogens is 1. The highest BCUT2D eigenvalue weighted by Gasteiger charge is 2.21. The maximum Gasteiger partial charge on any atom is 0.326 e. The van der Waals surface area contributed by atoms with Crippen LogP contribution in [-0.2, 0) is 14.8 Å². The summed E-state index contributed by atoms with van der Waals surface area (Å²) in [5.74, 6) is -1.78. The van der Waals surface area contributed by atoms with Gasteiger partial charge < -0.3 is 10.4 Å². The summed E-state index contributed by atoms with van der Waals surface area (Å²) in [5.41, 5.74) is 1.01. The fourth-order valence-electron chi connectivity index (χ4n) is 2.07. The molecule has 1 heterocycles. The second kappa shape index (κ2) is 6.88. The van der Waals surface area contributed by atoms with Gasteiger partial charge in [0.15, 0.2) is 0 Å². The van der Waals surface area contributed by atoms with E-state index >= 15 is 0 Å². The lowest BCUT2D eigenvalue weighted by molar-refractivity contribution is -0.139. The highest BCUT2D eigenvalue weighted by atomic mass is 32.2. The Balaban J connectivity index is 2.25. The summed E-state index contributed by atoms with van der Waals surface area (Å²) in [6.45, 7) is 3.48. The van der Waals surface area contributed by atoms with Crippen molar-refractivity contribution < 1.29 is 23.1 Å². The lowest BCUT2D eigenvalue weighted by Crippen LogP contribution is -2.40. The van der Waals surface area contributed by atoms with Gasteiger partial charge in [0.05, 0.1) is 10.5 Å². The molecule has 0 spiro atoms. The molecule has 0 aliphatic carbocycles. The van der Waals surface area contributed by atoms with Crippen LogP contribution in [0, 0.1) is 6.92 Å². The molecular formula is C16H18N2O5S. The minimum Gasteiger partial charge on any atom is -0.480 e. The molecule has 0 fully saturated rings. The van der Waals surface area contributed by atoms with Gasteiger partial charge in [0.2, 0.25) is 0 Å². The first kappa shape index (κ1) is 17.7. The SMILES string of the molecule is CCC(NC(=O)c1ccn(S(=O)(=O)c2ccc(C)cc2)c1)C(=O)O. The van der Waals surface area contributed by atoms with Crippen molar-refractivity contribution in [3.8, 4) is 0 Å². The largest absolute Gasteiger partial charge is 0.480 e. The molecular weight excluding hydrogens is 332 g/mol. The van der Waals surface area contributed by atoms with Gasteiger partial charge in [0, 0.05) is 12.4 Å². The van der Waals surface area contributed by atoms with Gasteiger partial charge in [0.1, 0.15) is 6.04 Å². The predicted octanol–water partition coefficient (Wildman–Crippen LogP) is 1.63. The second-order valence-electron chi connectivity index (χ2n) is 5.32. The molecule has 0 saturated heterocycles. The average Bonchev–Trinajstić information content (AvgIpc) is 3.03.